The molecule has 8 rings (SSSR count). The molecule has 0 spiro atoms. The number of benzene rings is 6. The molecule has 0 aliphatic heterocycles. The van der Waals surface area contributed by atoms with Crippen molar-refractivity contribution in [3.8, 4) is 23.5 Å². The van der Waals surface area contributed by atoms with Gasteiger partial charge in [0.15, 0.2) is 0 Å². The molecule has 0 amide bonds. The van der Waals surface area contributed by atoms with E-state index in [4.69, 9.17) is 0 Å². The third-order valence-electron chi connectivity index (χ3n) is 7.95. The number of aromatic nitrogens is 2. The van der Waals surface area contributed by atoms with E-state index in [9.17, 15) is 10.5 Å². The van der Waals surface area contributed by atoms with Crippen molar-refractivity contribution in [2.45, 2.75) is 0 Å². The summed E-state index contributed by atoms with van der Waals surface area (Å²) >= 11 is 0. The van der Waals surface area contributed by atoms with Crippen molar-refractivity contribution in [1.82, 2.24) is 9.13 Å². The molecule has 0 fully saturated rings. The first-order chi connectivity index (χ1) is 19.8. The molecule has 0 saturated heterocycles. The summed E-state index contributed by atoms with van der Waals surface area (Å²) in [4.78, 5) is 0. The van der Waals surface area contributed by atoms with Gasteiger partial charge in [0.2, 0.25) is 0 Å². The second-order valence-electron chi connectivity index (χ2n) is 10.1. The topological polar surface area (TPSA) is 57.4 Å². The minimum absolute atomic E-state index is 0.465. The molecule has 2 heterocycles. The van der Waals surface area contributed by atoms with Crippen LogP contribution in [0.5, 0.6) is 0 Å². The van der Waals surface area contributed by atoms with Crippen LogP contribution < -0.4 is 0 Å². The Bertz CT molecular complexity index is 2410. The van der Waals surface area contributed by atoms with E-state index in [1.165, 1.54) is 16.2 Å². The van der Waals surface area contributed by atoms with Gasteiger partial charge < -0.3 is 9.13 Å². The average molecular weight is 509 g/mol. The number of nitriles is 2. The lowest BCUT2D eigenvalue weighted by molar-refractivity contribution is 1.14. The van der Waals surface area contributed by atoms with E-state index in [-0.39, 0.29) is 0 Å². The second kappa shape index (κ2) is 8.33. The van der Waals surface area contributed by atoms with E-state index < -0.39 is 0 Å². The molecule has 0 radical (unpaired) electrons. The van der Waals surface area contributed by atoms with Crippen LogP contribution in [0, 0.1) is 22.7 Å². The van der Waals surface area contributed by atoms with Crippen LogP contribution in [0.2, 0.25) is 0 Å². The smallest absolute Gasteiger partial charge is 0.101 e. The third kappa shape index (κ3) is 2.99. The molecule has 184 valence electrons. The highest BCUT2D eigenvalue weighted by Gasteiger charge is 2.22. The van der Waals surface area contributed by atoms with Crippen LogP contribution in [0.15, 0.2) is 121 Å². The molecule has 4 nitrogen and oxygen atoms in total. The van der Waals surface area contributed by atoms with Gasteiger partial charge in [-0.2, -0.15) is 10.5 Å². The van der Waals surface area contributed by atoms with Crippen molar-refractivity contribution in [1.29, 1.82) is 10.5 Å². The monoisotopic (exact) mass is 508 g/mol. The molecular formula is C36H20N4. The largest absolute Gasteiger partial charge is 0.307 e. The van der Waals surface area contributed by atoms with Gasteiger partial charge in [0.1, 0.15) is 6.07 Å². The molecular weight excluding hydrogens is 488 g/mol. The van der Waals surface area contributed by atoms with Gasteiger partial charge in [-0.1, -0.05) is 78.9 Å². The Morgan fingerprint density at radius 2 is 1.10 bits per heavy atom. The lowest BCUT2D eigenvalue weighted by atomic mass is 10.1. The van der Waals surface area contributed by atoms with Crippen LogP contribution in [0.25, 0.3) is 65.8 Å². The van der Waals surface area contributed by atoms with Crippen molar-refractivity contribution >= 4 is 54.4 Å². The summed E-state index contributed by atoms with van der Waals surface area (Å²) in [6.45, 7) is 0. The Hall–Kier alpha value is -5.84. The fourth-order valence-corrected chi connectivity index (χ4v) is 6.23. The molecule has 0 atom stereocenters. The first-order valence-corrected chi connectivity index (χ1v) is 13.2. The first kappa shape index (κ1) is 22.2. The number of rotatable bonds is 2. The molecule has 2 aromatic heterocycles. The van der Waals surface area contributed by atoms with Crippen LogP contribution in [-0.2, 0) is 0 Å². The molecule has 0 unspecified atom stereocenters. The van der Waals surface area contributed by atoms with Crippen LogP contribution in [0.3, 0.4) is 0 Å². The summed E-state index contributed by atoms with van der Waals surface area (Å²) in [5.74, 6) is 0. The SMILES string of the molecule is N#Cc1ccc(-n2c3ccccc3c3ccc4c5ccccc5n(-c5ccc6ccccc6c5)c4c32)c(C#N)c1. The summed E-state index contributed by atoms with van der Waals surface area (Å²) in [7, 11) is 0. The number of fused-ring (bicyclic) bond motifs is 8. The van der Waals surface area contributed by atoms with Crippen molar-refractivity contribution < 1.29 is 0 Å². The fraction of sp³-hybridized carbons (Fsp3) is 0. The fourth-order valence-electron chi connectivity index (χ4n) is 6.23. The Kier molecular flexibility index (Phi) is 4.62. The number of hydrogen-bond donors (Lipinski definition) is 0. The van der Waals surface area contributed by atoms with Crippen molar-refractivity contribution in [2.75, 3.05) is 0 Å². The predicted octanol–water partition coefficient (Wildman–Crippen LogP) is 8.78. The zero-order chi connectivity index (χ0) is 26.8. The summed E-state index contributed by atoms with van der Waals surface area (Å²) in [6.07, 6.45) is 0. The average Bonchev–Trinajstić information content (AvgIpc) is 3.53. The van der Waals surface area contributed by atoms with Gasteiger partial charge in [-0.05, 0) is 53.2 Å². The van der Waals surface area contributed by atoms with Crippen LogP contribution >= 0.6 is 0 Å². The van der Waals surface area contributed by atoms with E-state index in [0.717, 1.165) is 49.6 Å². The van der Waals surface area contributed by atoms with Gasteiger partial charge in [0.05, 0.1) is 45.0 Å². The van der Waals surface area contributed by atoms with Gasteiger partial charge >= 0.3 is 0 Å². The quantitative estimate of drug-likeness (QED) is 0.234. The Morgan fingerprint density at radius 3 is 1.80 bits per heavy atom. The summed E-state index contributed by atoms with van der Waals surface area (Å²) in [5, 5.41) is 26.6. The number of hydrogen-bond acceptors (Lipinski definition) is 2. The van der Waals surface area contributed by atoms with E-state index >= 15 is 0 Å². The molecule has 0 N–H and O–H groups in total. The van der Waals surface area contributed by atoms with Gasteiger partial charge in [0.25, 0.3) is 0 Å². The maximum absolute atomic E-state index is 10.2. The molecule has 0 bridgehead atoms. The zero-order valence-electron chi connectivity index (χ0n) is 21.3. The van der Waals surface area contributed by atoms with E-state index in [2.05, 4.69) is 118 Å². The molecule has 6 aromatic carbocycles. The van der Waals surface area contributed by atoms with Crippen LogP contribution in [0.1, 0.15) is 11.1 Å². The van der Waals surface area contributed by atoms with Gasteiger partial charge in [-0.3, -0.25) is 0 Å². The van der Waals surface area contributed by atoms with Crippen LogP contribution in [-0.4, -0.2) is 9.13 Å². The maximum Gasteiger partial charge on any atom is 0.101 e. The molecule has 0 aliphatic rings. The highest BCUT2D eigenvalue weighted by molar-refractivity contribution is 6.24. The van der Waals surface area contributed by atoms with Crippen molar-refractivity contribution in [2.24, 2.45) is 0 Å². The Morgan fingerprint density at radius 1 is 0.475 bits per heavy atom. The van der Waals surface area contributed by atoms with Gasteiger partial charge in [0, 0.05) is 27.2 Å². The highest BCUT2D eigenvalue weighted by Crippen LogP contribution is 2.42. The van der Waals surface area contributed by atoms with Gasteiger partial charge in [-0.25, -0.2) is 0 Å². The van der Waals surface area contributed by atoms with E-state index in [0.29, 0.717) is 11.1 Å². The third-order valence-corrected chi connectivity index (χ3v) is 7.95. The van der Waals surface area contributed by atoms with E-state index in [1.807, 2.05) is 12.1 Å². The first-order valence-electron chi connectivity index (χ1n) is 13.2. The lowest BCUT2D eigenvalue weighted by Gasteiger charge is -2.14. The molecule has 0 saturated carbocycles. The number of nitrogens with zero attached hydrogens (tertiary/aromatic N) is 4. The lowest BCUT2D eigenvalue weighted by Crippen LogP contribution is -2.01. The van der Waals surface area contributed by atoms with Crippen LogP contribution in [0.4, 0.5) is 0 Å². The molecule has 4 heteroatoms. The molecule has 40 heavy (non-hydrogen) atoms. The normalized spacial score (nSPS) is 11.4. The highest BCUT2D eigenvalue weighted by atomic mass is 15.0. The van der Waals surface area contributed by atoms with Crippen molar-refractivity contribution in [3.05, 3.63) is 132 Å². The van der Waals surface area contributed by atoms with Crippen molar-refractivity contribution in [3.63, 3.8) is 0 Å². The maximum atomic E-state index is 10.2. The van der Waals surface area contributed by atoms with E-state index in [1.54, 1.807) is 12.1 Å². The summed E-state index contributed by atoms with van der Waals surface area (Å²) in [5.41, 5.74) is 7.02. The summed E-state index contributed by atoms with van der Waals surface area (Å²) < 4.78 is 4.55. The Balaban J connectivity index is 1.62. The van der Waals surface area contributed by atoms with Gasteiger partial charge in [-0.15, -0.1) is 0 Å². The minimum Gasteiger partial charge on any atom is -0.307 e. The predicted molar refractivity (Wildman–Crippen MR) is 162 cm³/mol. The Labute approximate surface area is 229 Å². The molecule has 0 aliphatic carbocycles. The standard InChI is InChI=1S/C36H20N4/c37-21-23-13-18-32(26(19-23)22-38)40-34-12-6-4-10-29(34)31-17-16-30-28-9-3-5-11-33(28)39(35(30)36(31)40)27-15-14-24-7-1-2-8-25(24)20-27/h1-20H. The summed E-state index contributed by atoms with van der Waals surface area (Å²) in [6, 6.07) is 46.2. The zero-order valence-corrected chi connectivity index (χ0v) is 21.3. The second-order valence-corrected chi connectivity index (χ2v) is 10.1. The minimum atomic E-state index is 0.465. The number of para-hydroxylation sites is 2. The molecule has 8 aromatic rings.